The SMILES string of the molecule is C=C(C)C(=O)OCCCc1cccc(N(c2ccc(C)c(C)c2)c2ccc(C)c(C)c2)c1. The van der Waals surface area contributed by atoms with Gasteiger partial charge in [0, 0.05) is 22.6 Å². The maximum Gasteiger partial charge on any atom is 0.333 e. The third-order valence-electron chi connectivity index (χ3n) is 5.86. The summed E-state index contributed by atoms with van der Waals surface area (Å²) in [4.78, 5) is 13.9. The Morgan fingerprint density at radius 3 is 1.91 bits per heavy atom. The number of rotatable bonds is 8. The number of hydrogen-bond donors (Lipinski definition) is 0. The molecule has 0 aliphatic carbocycles. The maximum atomic E-state index is 11.6. The van der Waals surface area contributed by atoms with E-state index in [1.54, 1.807) is 6.92 Å². The Kier molecular flexibility index (Phi) is 7.53. The molecule has 0 N–H and O–H groups in total. The minimum Gasteiger partial charge on any atom is -0.462 e. The van der Waals surface area contributed by atoms with E-state index in [4.69, 9.17) is 4.74 Å². The van der Waals surface area contributed by atoms with Crippen molar-refractivity contribution in [3.8, 4) is 0 Å². The van der Waals surface area contributed by atoms with E-state index in [0.717, 1.165) is 29.9 Å². The van der Waals surface area contributed by atoms with Gasteiger partial charge in [-0.05, 0) is 112 Å². The highest BCUT2D eigenvalue weighted by molar-refractivity contribution is 5.86. The van der Waals surface area contributed by atoms with Crippen LogP contribution in [0.4, 0.5) is 17.1 Å². The van der Waals surface area contributed by atoms with Crippen molar-refractivity contribution < 1.29 is 9.53 Å². The molecule has 0 unspecified atom stereocenters. The van der Waals surface area contributed by atoms with E-state index >= 15 is 0 Å². The fourth-order valence-electron chi connectivity index (χ4n) is 3.59. The van der Waals surface area contributed by atoms with E-state index in [1.807, 2.05) is 0 Å². The smallest absolute Gasteiger partial charge is 0.333 e. The number of carbonyl (C=O) groups is 1. The van der Waals surface area contributed by atoms with Gasteiger partial charge in [0.1, 0.15) is 0 Å². The van der Waals surface area contributed by atoms with Crippen molar-refractivity contribution in [2.24, 2.45) is 0 Å². The van der Waals surface area contributed by atoms with Gasteiger partial charge in [-0.2, -0.15) is 0 Å². The van der Waals surface area contributed by atoms with Crippen LogP contribution in [0.15, 0.2) is 72.8 Å². The van der Waals surface area contributed by atoms with E-state index < -0.39 is 0 Å². The highest BCUT2D eigenvalue weighted by Gasteiger charge is 2.14. The van der Waals surface area contributed by atoms with E-state index in [0.29, 0.717) is 12.2 Å². The van der Waals surface area contributed by atoms with E-state index in [2.05, 4.69) is 99.8 Å². The molecule has 0 saturated heterocycles. The molecule has 3 heteroatoms. The molecular formula is C29H33NO2. The van der Waals surface area contributed by atoms with Crippen molar-refractivity contribution in [2.45, 2.75) is 47.5 Å². The third kappa shape index (κ3) is 5.67. The van der Waals surface area contributed by atoms with Gasteiger partial charge in [-0.15, -0.1) is 0 Å². The molecule has 0 atom stereocenters. The van der Waals surface area contributed by atoms with Crippen LogP contribution >= 0.6 is 0 Å². The van der Waals surface area contributed by atoms with Crippen molar-refractivity contribution in [2.75, 3.05) is 11.5 Å². The Morgan fingerprint density at radius 2 is 1.38 bits per heavy atom. The Labute approximate surface area is 192 Å². The van der Waals surface area contributed by atoms with Gasteiger partial charge in [-0.3, -0.25) is 0 Å². The molecule has 3 nitrogen and oxygen atoms in total. The second-order valence-corrected chi connectivity index (χ2v) is 8.56. The average molecular weight is 428 g/mol. The summed E-state index contributed by atoms with van der Waals surface area (Å²) < 4.78 is 5.24. The Morgan fingerprint density at radius 1 is 0.812 bits per heavy atom. The zero-order chi connectivity index (χ0) is 23.3. The number of esters is 1. The molecule has 0 heterocycles. The quantitative estimate of drug-likeness (QED) is 0.212. The van der Waals surface area contributed by atoms with Crippen LogP contribution in [-0.4, -0.2) is 12.6 Å². The lowest BCUT2D eigenvalue weighted by atomic mass is 10.0. The molecule has 3 aromatic rings. The first-order valence-electron chi connectivity index (χ1n) is 11.1. The zero-order valence-electron chi connectivity index (χ0n) is 19.9. The molecule has 32 heavy (non-hydrogen) atoms. The van der Waals surface area contributed by atoms with Gasteiger partial charge in [-0.25, -0.2) is 4.79 Å². The lowest BCUT2D eigenvalue weighted by molar-refractivity contribution is -0.139. The lowest BCUT2D eigenvalue weighted by Gasteiger charge is -2.27. The molecule has 0 amide bonds. The summed E-state index contributed by atoms with van der Waals surface area (Å²) in [6.45, 7) is 14.3. The molecule has 0 aromatic heterocycles. The molecule has 0 spiro atoms. The Balaban J connectivity index is 1.90. The summed E-state index contributed by atoms with van der Waals surface area (Å²) in [5.41, 5.74) is 10.2. The first-order chi connectivity index (χ1) is 15.3. The zero-order valence-corrected chi connectivity index (χ0v) is 19.9. The molecule has 0 fully saturated rings. The van der Waals surface area contributed by atoms with Gasteiger partial charge in [0.25, 0.3) is 0 Å². The summed E-state index contributed by atoms with van der Waals surface area (Å²) in [7, 11) is 0. The molecule has 0 radical (unpaired) electrons. The van der Waals surface area contributed by atoms with Crippen molar-refractivity contribution in [1.29, 1.82) is 0 Å². The lowest BCUT2D eigenvalue weighted by Crippen LogP contribution is -2.11. The standard InChI is InChI=1S/C29H33NO2/c1-20(2)29(31)32-16-8-10-25-9-7-11-26(19-25)30(27-14-12-21(3)23(5)17-27)28-15-13-22(4)24(6)18-28/h7,9,11-15,17-19H,1,8,10,16H2,2-6H3. The fourth-order valence-corrected chi connectivity index (χ4v) is 3.59. The van der Waals surface area contributed by atoms with Crippen molar-refractivity contribution in [3.63, 3.8) is 0 Å². The molecule has 0 aliphatic heterocycles. The second kappa shape index (κ2) is 10.3. The van der Waals surface area contributed by atoms with Crippen LogP contribution in [0.25, 0.3) is 0 Å². The fraction of sp³-hybridized carbons (Fsp3) is 0.276. The van der Waals surface area contributed by atoms with Crippen LogP contribution in [0.5, 0.6) is 0 Å². The van der Waals surface area contributed by atoms with Crippen molar-refractivity contribution in [1.82, 2.24) is 0 Å². The minimum absolute atomic E-state index is 0.325. The van der Waals surface area contributed by atoms with Gasteiger partial charge < -0.3 is 9.64 Å². The third-order valence-corrected chi connectivity index (χ3v) is 5.86. The first kappa shape index (κ1) is 23.3. The van der Waals surface area contributed by atoms with Gasteiger partial charge in [0.15, 0.2) is 0 Å². The number of aryl methyl sites for hydroxylation is 5. The molecule has 3 rings (SSSR count). The number of ether oxygens (including phenoxy) is 1. The van der Waals surface area contributed by atoms with Crippen LogP contribution in [0.1, 0.15) is 41.2 Å². The first-order valence-corrected chi connectivity index (χ1v) is 11.1. The van der Waals surface area contributed by atoms with Crippen LogP contribution in [0.3, 0.4) is 0 Å². The monoisotopic (exact) mass is 427 g/mol. The molecule has 166 valence electrons. The summed E-state index contributed by atoms with van der Waals surface area (Å²) in [5, 5.41) is 0. The van der Waals surface area contributed by atoms with Gasteiger partial charge >= 0.3 is 5.97 Å². The summed E-state index contributed by atoms with van der Waals surface area (Å²) in [6.07, 6.45) is 1.61. The number of benzene rings is 3. The van der Waals surface area contributed by atoms with E-state index in [9.17, 15) is 4.79 Å². The molecule has 0 aliphatic rings. The minimum atomic E-state index is -0.325. The molecule has 3 aromatic carbocycles. The van der Waals surface area contributed by atoms with E-state index in [-0.39, 0.29) is 5.97 Å². The topological polar surface area (TPSA) is 29.5 Å². The number of carbonyl (C=O) groups excluding carboxylic acids is 1. The van der Waals surface area contributed by atoms with Gasteiger partial charge in [0.2, 0.25) is 0 Å². The predicted molar refractivity (Wildman–Crippen MR) is 134 cm³/mol. The van der Waals surface area contributed by atoms with Crippen molar-refractivity contribution in [3.05, 3.63) is 101 Å². The number of hydrogen-bond acceptors (Lipinski definition) is 3. The maximum absolute atomic E-state index is 11.6. The van der Waals surface area contributed by atoms with Crippen LogP contribution < -0.4 is 4.90 Å². The van der Waals surface area contributed by atoms with Gasteiger partial charge in [-0.1, -0.05) is 30.8 Å². The summed E-state index contributed by atoms with van der Waals surface area (Å²) >= 11 is 0. The van der Waals surface area contributed by atoms with Gasteiger partial charge in [0.05, 0.1) is 6.61 Å². The normalized spacial score (nSPS) is 10.7. The number of nitrogens with zero attached hydrogens (tertiary/aromatic N) is 1. The highest BCUT2D eigenvalue weighted by atomic mass is 16.5. The molecule has 0 bridgehead atoms. The van der Waals surface area contributed by atoms with Crippen LogP contribution in [0.2, 0.25) is 0 Å². The largest absolute Gasteiger partial charge is 0.462 e. The summed E-state index contributed by atoms with van der Waals surface area (Å²) in [6, 6.07) is 21.8. The van der Waals surface area contributed by atoms with Crippen molar-refractivity contribution >= 4 is 23.0 Å². The number of anilines is 3. The van der Waals surface area contributed by atoms with Crippen LogP contribution in [-0.2, 0) is 16.0 Å². The summed E-state index contributed by atoms with van der Waals surface area (Å²) in [5.74, 6) is -0.325. The Hall–Kier alpha value is -3.33. The molecular weight excluding hydrogens is 394 g/mol. The highest BCUT2D eigenvalue weighted by Crippen LogP contribution is 2.36. The second-order valence-electron chi connectivity index (χ2n) is 8.56. The molecule has 0 saturated carbocycles. The average Bonchev–Trinajstić information content (AvgIpc) is 2.76. The predicted octanol–water partition coefficient (Wildman–Crippen LogP) is 7.44. The van der Waals surface area contributed by atoms with E-state index in [1.165, 1.54) is 27.8 Å². The van der Waals surface area contributed by atoms with Crippen LogP contribution in [0, 0.1) is 27.7 Å². The Bertz CT molecular complexity index is 1080.